The van der Waals surface area contributed by atoms with Gasteiger partial charge in [-0.3, -0.25) is 14.9 Å². The van der Waals surface area contributed by atoms with Gasteiger partial charge in [-0.2, -0.15) is 0 Å². The van der Waals surface area contributed by atoms with Crippen LogP contribution >= 0.6 is 0 Å². The number of hydrogen-bond donors (Lipinski definition) is 2. The first-order valence-electron chi connectivity index (χ1n) is 7.66. The number of benzene rings is 1. The number of likely N-dealkylation sites (N-methyl/N-ethyl adjacent to an activating group) is 2. The Morgan fingerprint density at radius 2 is 2.22 bits per heavy atom. The number of carbonyl (C=O) groups excluding carboxylic acids is 1. The van der Waals surface area contributed by atoms with Crippen molar-refractivity contribution in [2.24, 2.45) is 0 Å². The van der Waals surface area contributed by atoms with Crippen molar-refractivity contribution >= 4 is 11.6 Å². The summed E-state index contributed by atoms with van der Waals surface area (Å²) in [6, 6.07) is 3.00. The molecule has 0 radical (unpaired) electrons. The Morgan fingerprint density at radius 1 is 1.43 bits per heavy atom. The van der Waals surface area contributed by atoms with Crippen LogP contribution in [0.2, 0.25) is 0 Å². The Morgan fingerprint density at radius 3 is 2.87 bits per heavy atom. The molecule has 0 spiro atoms. The molecule has 0 saturated carbocycles. The second-order valence-electron chi connectivity index (χ2n) is 5.37. The zero-order valence-electron chi connectivity index (χ0n) is 13.4. The average molecular weight is 324 g/mol. The number of quaternary nitrogens is 1. The predicted molar refractivity (Wildman–Crippen MR) is 82.1 cm³/mol. The number of carbonyl (C=O) groups is 1. The van der Waals surface area contributed by atoms with Crippen molar-refractivity contribution in [2.75, 3.05) is 26.4 Å². The molecule has 1 heterocycles. The third-order valence-corrected chi connectivity index (χ3v) is 3.71. The summed E-state index contributed by atoms with van der Waals surface area (Å²) in [5, 5.41) is 13.9. The van der Waals surface area contributed by atoms with Crippen molar-refractivity contribution in [3.05, 3.63) is 33.4 Å². The Kier molecular flexibility index (Phi) is 5.89. The molecule has 1 aromatic carbocycles. The molecule has 2 rings (SSSR count). The number of rotatable bonds is 7. The highest BCUT2D eigenvalue weighted by molar-refractivity contribution is 5.76. The molecule has 126 valence electrons. The lowest BCUT2D eigenvalue weighted by atomic mass is 10.1. The number of non-ortho nitro benzene ring substituents is 1. The molecule has 1 aliphatic rings. The van der Waals surface area contributed by atoms with Gasteiger partial charge in [0.05, 0.1) is 23.6 Å². The summed E-state index contributed by atoms with van der Waals surface area (Å²) in [5.74, 6) is 0.608. The number of amides is 1. The van der Waals surface area contributed by atoms with E-state index in [1.807, 2.05) is 13.8 Å². The molecule has 1 aliphatic heterocycles. The van der Waals surface area contributed by atoms with Gasteiger partial charge in [0.15, 0.2) is 13.3 Å². The van der Waals surface area contributed by atoms with Crippen LogP contribution in [0.1, 0.15) is 25.0 Å². The first kappa shape index (κ1) is 17.2. The molecule has 1 unspecified atom stereocenters. The molecular weight excluding hydrogens is 302 g/mol. The van der Waals surface area contributed by atoms with E-state index in [-0.39, 0.29) is 18.4 Å². The second-order valence-corrected chi connectivity index (χ2v) is 5.37. The van der Waals surface area contributed by atoms with Gasteiger partial charge in [-0.05, 0) is 13.8 Å². The zero-order chi connectivity index (χ0) is 16.8. The quantitative estimate of drug-likeness (QED) is 0.544. The Labute approximate surface area is 134 Å². The smallest absolute Gasteiger partial charge is 0.275 e. The third kappa shape index (κ3) is 4.40. The van der Waals surface area contributed by atoms with E-state index >= 15 is 0 Å². The standard InChI is InChI=1S/C15H21N3O5/c1-3-16-14(19)8-17(4-2)7-11-5-13(18(20)21)6-12-9-22-10-23-15(11)12/h5-6H,3-4,7-10H2,1-2H3,(H,16,19)/p+1. The molecule has 0 aromatic heterocycles. The van der Waals surface area contributed by atoms with E-state index in [0.717, 1.165) is 17.0 Å². The summed E-state index contributed by atoms with van der Waals surface area (Å²) in [7, 11) is 0. The predicted octanol–water partition coefficient (Wildman–Crippen LogP) is 0.00220. The lowest BCUT2D eigenvalue weighted by Gasteiger charge is -2.23. The van der Waals surface area contributed by atoms with Crippen molar-refractivity contribution in [2.45, 2.75) is 27.0 Å². The summed E-state index contributed by atoms with van der Waals surface area (Å²) in [5.41, 5.74) is 1.42. The van der Waals surface area contributed by atoms with Crippen LogP contribution in [0.25, 0.3) is 0 Å². The number of nitrogens with one attached hydrogen (secondary N) is 2. The topological polar surface area (TPSA) is 95.1 Å². The van der Waals surface area contributed by atoms with E-state index < -0.39 is 4.92 Å². The van der Waals surface area contributed by atoms with Gasteiger partial charge in [0, 0.05) is 24.2 Å². The van der Waals surface area contributed by atoms with Crippen molar-refractivity contribution in [3.8, 4) is 5.75 Å². The lowest BCUT2D eigenvalue weighted by molar-refractivity contribution is -0.904. The fraction of sp³-hybridized carbons (Fsp3) is 0.533. The number of nitrogens with zero attached hydrogens (tertiary/aromatic N) is 1. The molecule has 0 bridgehead atoms. The molecule has 0 aliphatic carbocycles. The number of nitro benzene ring substituents is 1. The molecule has 1 aromatic rings. The van der Waals surface area contributed by atoms with Crippen LogP contribution in [0.3, 0.4) is 0 Å². The average Bonchev–Trinajstić information content (AvgIpc) is 2.54. The van der Waals surface area contributed by atoms with Gasteiger partial charge < -0.3 is 19.7 Å². The van der Waals surface area contributed by atoms with Gasteiger partial charge in [0.1, 0.15) is 12.3 Å². The van der Waals surface area contributed by atoms with E-state index in [0.29, 0.717) is 37.6 Å². The fourth-order valence-corrected chi connectivity index (χ4v) is 2.59. The fourth-order valence-electron chi connectivity index (χ4n) is 2.59. The van der Waals surface area contributed by atoms with E-state index in [1.165, 1.54) is 12.1 Å². The molecule has 2 N–H and O–H groups in total. The Bertz CT molecular complexity index is 591. The van der Waals surface area contributed by atoms with Crippen LogP contribution < -0.4 is 15.0 Å². The summed E-state index contributed by atoms with van der Waals surface area (Å²) < 4.78 is 10.7. The maximum Gasteiger partial charge on any atom is 0.275 e. The van der Waals surface area contributed by atoms with E-state index in [4.69, 9.17) is 9.47 Å². The van der Waals surface area contributed by atoms with Crippen molar-refractivity contribution in [3.63, 3.8) is 0 Å². The summed E-state index contributed by atoms with van der Waals surface area (Å²) in [6.45, 7) is 6.39. The molecule has 8 nitrogen and oxygen atoms in total. The first-order chi connectivity index (χ1) is 11.0. The van der Waals surface area contributed by atoms with Crippen LogP contribution in [0.15, 0.2) is 12.1 Å². The Hall–Kier alpha value is -2.19. The molecule has 1 amide bonds. The van der Waals surface area contributed by atoms with Gasteiger partial charge in [-0.25, -0.2) is 0 Å². The molecule has 23 heavy (non-hydrogen) atoms. The van der Waals surface area contributed by atoms with Crippen LogP contribution in [0.5, 0.6) is 5.75 Å². The minimum absolute atomic E-state index is 0.0151. The van der Waals surface area contributed by atoms with E-state index in [9.17, 15) is 14.9 Å². The number of ether oxygens (including phenoxy) is 2. The third-order valence-electron chi connectivity index (χ3n) is 3.71. The minimum Gasteiger partial charge on any atom is -0.467 e. The van der Waals surface area contributed by atoms with Gasteiger partial charge in [-0.1, -0.05) is 0 Å². The first-order valence-corrected chi connectivity index (χ1v) is 7.66. The SMILES string of the molecule is CCNC(=O)C[NH+](CC)Cc1cc([N+](=O)[O-])cc2c1OCOC2. The largest absolute Gasteiger partial charge is 0.467 e. The van der Waals surface area contributed by atoms with Crippen LogP contribution in [-0.4, -0.2) is 37.3 Å². The highest BCUT2D eigenvalue weighted by Crippen LogP contribution is 2.32. The minimum atomic E-state index is -0.423. The number of hydrogen-bond acceptors (Lipinski definition) is 5. The monoisotopic (exact) mass is 324 g/mol. The van der Waals surface area contributed by atoms with E-state index in [2.05, 4.69) is 5.32 Å². The summed E-state index contributed by atoms with van der Waals surface area (Å²) >= 11 is 0. The number of fused-ring (bicyclic) bond motifs is 1. The van der Waals surface area contributed by atoms with Gasteiger partial charge in [0.2, 0.25) is 0 Å². The van der Waals surface area contributed by atoms with Crippen molar-refractivity contribution in [1.29, 1.82) is 0 Å². The van der Waals surface area contributed by atoms with E-state index in [1.54, 1.807) is 0 Å². The normalized spacial score (nSPS) is 14.5. The maximum absolute atomic E-state index is 11.8. The van der Waals surface area contributed by atoms with Gasteiger partial charge in [-0.15, -0.1) is 0 Å². The number of nitro groups is 1. The van der Waals surface area contributed by atoms with Crippen LogP contribution in [-0.2, 0) is 22.7 Å². The van der Waals surface area contributed by atoms with Crippen molar-refractivity contribution < 1.29 is 24.1 Å². The highest BCUT2D eigenvalue weighted by atomic mass is 16.7. The molecular formula is C15H22N3O5+. The maximum atomic E-state index is 11.8. The van der Waals surface area contributed by atoms with Gasteiger partial charge in [0.25, 0.3) is 11.6 Å². The molecule has 8 heteroatoms. The lowest BCUT2D eigenvalue weighted by Crippen LogP contribution is -3.11. The molecule has 1 atom stereocenters. The zero-order valence-corrected chi connectivity index (χ0v) is 13.4. The molecule has 0 fully saturated rings. The summed E-state index contributed by atoms with van der Waals surface area (Å²) in [6.07, 6.45) is 0. The van der Waals surface area contributed by atoms with Gasteiger partial charge >= 0.3 is 0 Å². The summed E-state index contributed by atoms with van der Waals surface area (Å²) in [4.78, 5) is 23.5. The Balaban J connectivity index is 2.24. The van der Waals surface area contributed by atoms with Crippen molar-refractivity contribution in [1.82, 2.24) is 5.32 Å². The van der Waals surface area contributed by atoms with Crippen LogP contribution in [0.4, 0.5) is 5.69 Å². The van der Waals surface area contributed by atoms with Crippen LogP contribution in [0, 0.1) is 10.1 Å². The second kappa shape index (κ2) is 7.89. The molecule has 0 saturated heterocycles. The highest BCUT2D eigenvalue weighted by Gasteiger charge is 2.24.